The topological polar surface area (TPSA) is 64.6 Å². The van der Waals surface area contributed by atoms with Crippen LogP contribution in [-0.2, 0) is 14.3 Å². The van der Waals surface area contributed by atoms with Crippen LogP contribution >= 0.6 is 15.9 Å². The van der Waals surface area contributed by atoms with Gasteiger partial charge in [-0.25, -0.2) is 4.79 Å². The van der Waals surface area contributed by atoms with Gasteiger partial charge >= 0.3 is 6.09 Å². The van der Waals surface area contributed by atoms with E-state index < -0.39 is 12.1 Å². The van der Waals surface area contributed by atoms with Crippen LogP contribution in [0.3, 0.4) is 0 Å². The second-order valence-corrected chi connectivity index (χ2v) is 3.13. The zero-order valence-corrected chi connectivity index (χ0v) is 9.80. The maximum absolute atomic E-state index is 11.3. The summed E-state index contributed by atoms with van der Waals surface area (Å²) in [6.07, 6.45) is -0.170. The van der Waals surface area contributed by atoms with Gasteiger partial charge in [-0.15, -0.1) is 0 Å². The third-order valence-corrected chi connectivity index (χ3v) is 2.16. The van der Waals surface area contributed by atoms with E-state index in [4.69, 9.17) is 4.74 Å². The van der Waals surface area contributed by atoms with Crippen molar-refractivity contribution in [2.24, 2.45) is 0 Å². The summed E-state index contributed by atoms with van der Waals surface area (Å²) >= 11 is 3.04. The van der Waals surface area contributed by atoms with Crippen molar-refractivity contribution < 1.29 is 19.1 Å². The molecule has 1 amide bonds. The lowest BCUT2D eigenvalue weighted by atomic mass is 10.1. The number of methoxy groups -OCH3 is 2. The number of alkyl halides is 1. The highest BCUT2D eigenvalue weighted by Gasteiger charge is 2.19. The number of hydrogen-bond donors (Lipinski definition) is 1. The van der Waals surface area contributed by atoms with Crippen molar-refractivity contribution in [3.63, 3.8) is 0 Å². The van der Waals surface area contributed by atoms with Crippen molar-refractivity contribution in [2.75, 3.05) is 26.2 Å². The van der Waals surface area contributed by atoms with Gasteiger partial charge in [0.05, 0.1) is 18.5 Å². The van der Waals surface area contributed by atoms with Crippen molar-refractivity contribution in [1.29, 1.82) is 0 Å². The van der Waals surface area contributed by atoms with Crippen LogP contribution in [0.4, 0.5) is 4.79 Å². The minimum Gasteiger partial charge on any atom is -0.453 e. The first-order valence-corrected chi connectivity index (χ1v) is 5.20. The van der Waals surface area contributed by atoms with E-state index in [2.05, 4.69) is 26.0 Å². The van der Waals surface area contributed by atoms with Gasteiger partial charge in [-0.05, 0) is 6.42 Å². The molecule has 0 aliphatic rings. The average molecular weight is 268 g/mol. The molecule has 0 rings (SSSR count). The van der Waals surface area contributed by atoms with Gasteiger partial charge in [0.15, 0.2) is 5.78 Å². The number of halogens is 1. The summed E-state index contributed by atoms with van der Waals surface area (Å²) in [5.41, 5.74) is 0. The van der Waals surface area contributed by atoms with E-state index >= 15 is 0 Å². The molecule has 0 saturated heterocycles. The molecule has 0 aromatic carbocycles. The molecule has 0 radical (unpaired) electrons. The Morgan fingerprint density at radius 1 is 1.43 bits per heavy atom. The predicted molar refractivity (Wildman–Crippen MR) is 54.6 cm³/mol. The lowest BCUT2D eigenvalue weighted by Gasteiger charge is -2.14. The summed E-state index contributed by atoms with van der Waals surface area (Å²) in [5, 5.41) is 2.63. The quantitative estimate of drug-likeness (QED) is 0.720. The van der Waals surface area contributed by atoms with Gasteiger partial charge in [0.1, 0.15) is 0 Å². The lowest BCUT2D eigenvalue weighted by molar-refractivity contribution is -0.118. The molecule has 1 N–H and O–H groups in total. The molecule has 5 nitrogen and oxygen atoms in total. The Balaban J connectivity index is 4.09. The van der Waals surface area contributed by atoms with Crippen LogP contribution < -0.4 is 5.32 Å². The molecule has 0 saturated carbocycles. The van der Waals surface area contributed by atoms with Crippen LogP contribution in [0.1, 0.15) is 6.42 Å². The molecule has 14 heavy (non-hydrogen) atoms. The van der Waals surface area contributed by atoms with Crippen molar-refractivity contribution in [3.8, 4) is 0 Å². The summed E-state index contributed by atoms with van der Waals surface area (Å²) in [7, 11) is 2.79. The van der Waals surface area contributed by atoms with E-state index in [1.807, 2.05) is 0 Å². The van der Waals surface area contributed by atoms with Crippen LogP contribution in [0.5, 0.6) is 0 Å². The van der Waals surface area contributed by atoms with Crippen molar-refractivity contribution in [1.82, 2.24) is 5.32 Å². The number of amides is 1. The number of Topliss-reactive ketones (excluding diaryl/α,β-unsaturated/α-hetero) is 1. The number of alkyl carbamates (subject to hydrolysis) is 1. The molecule has 0 heterocycles. The van der Waals surface area contributed by atoms with E-state index in [0.717, 1.165) is 0 Å². The first kappa shape index (κ1) is 13.4. The lowest BCUT2D eigenvalue weighted by Crippen LogP contribution is -2.42. The standard InChI is InChI=1S/C8H14BrNO4/c1-13-4-3-6(7(11)5-9)10-8(12)14-2/h6H,3-5H2,1-2H3,(H,10,12). The minimum atomic E-state index is -0.611. The van der Waals surface area contributed by atoms with E-state index in [0.29, 0.717) is 13.0 Å². The van der Waals surface area contributed by atoms with Gasteiger partial charge in [-0.2, -0.15) is 0 Å². The molecule has 0 aliphatic carbocycles. The molecule has 6 heteroatoms. The Labute approximate surface area is 91.3 Å². The SMILES string of the molecule is COCCC(NC(=O)OC)C(=O)CBr. The molecule has 0 aliphatic heterocycles. The number of hydrogen-bond acceptors (Lipinski definition) is 4. The summed E-state index contributed by atoms with van der Waals surface area (Å²) < 4.78 is 9.22. The van der Waals surface area contributed by atoms with Crippen molar-refractivity contribution in [3.05, 3.63) is 0 Å². The highest BCUT2D eigenvalue weighted by molar-refractivity contribution is 9.09. The Morgan fingerprint density at radius 3 is 2.50 bits per heavy atom. The number of carbonyl (C=O) groups is 2. The van der Waals surface area contributed by atoms with Crippen LogP contribution in [0.2, 0.25) is 0 Å². The van der Waals surface area contributed by atoms with Gasteiger partial charge < -0.3 is 14.8 Å². The molecule has 0 bridgehead atoms. The first-order valence-electron chi connectivity index (χ1n) is 4.07. The monoisotopic (exact) mass is 267 g/mol. The maximum Gasteiger partial charge on any atom is 0.407 e. The van der Waals surface area contributed by atoms with E-state index in [1.54, 1.807) is 0 Å². The predicted octanol–water partition coefficient (Wildman–Crippen LogP) is 0.711. The van der Waals surface area contributed by atoms with Crippen LogP contribution in [0, 0.1) is 0 Å². The third kappa shape index (κ3) is 5.18. The zero-order valence-electron chi connectivity index (χ0n) is 8.21. The molecule has 1 atom stereocenters. The first-order chi connectivity index (χ1) is 6.65. The maximum atomic E-state index is 11.3. The zero-order chi connectivity index (χ0) is 11.0. The van der Waals surface area contributed by atoms with Gasteiger partial charge in [0, 0.05) is 13.7 Å². The van der Waals surface area contributed by atoms with Crippen LogP contribution in [0.25, 0.3) is 0 Å². The Bertz CT molecular complexity index is 198. The third-order valence-electron chi connectivity index (χ3n) is 1.61. The summed E-state index contributed by atoms with van der Waals surface area (Å²) in [6, 6.07) is -0.554. The van der Waals surface area contributed by atoms with E-state index in [1.165, 1.54) is 14.2 Å². The number of ketones is 1. The van der Waals surface area contributed by atoms with Gasteiger partial charge in [0.2, 0.25) is 0 Å². The second kappa shape index (κ2) is 7.75. The molecular formula is C8H14BrNO4. The van der Waals surface area contributed by atoms with Crippen molar-refractivity contribution in [2.45, 2.75) is 12.5 Å². The van der Waals surface area contributed by atoms with Crippen LogP contribution in [0.15, 0.2) is 0 Å². The molecule has 0 spiro atoms. The summed E-state index contributed by atoms with van der Waals surface area (Å²) in [5.74, 6) is -0.104. The fourth-order valence-corrected chi connectivity index (χ4v) is 1.23. The smallest absolute Gasteiger partial charge is 0.407 e. The van der Waals surface area contributed by atoms with Crippen LogP contribution in [-0.4, -0.2) is 44.1 Å². The van der Waals surface area contributed by atoms with Gasteiger partial charge in [0.25, 0.3) is 0 Å². The Hall–Kier alpha value is -0.620. The highest BCUT2D eigenvalue weighted by atomic mass is 79.9. The Morgan fingerprint density at radius 2 is 2.07 bits per heavy atom. The molecule has 1 unspecified atom stereocenters. The van der Waals surface area contributed by atoms with Gasteiger partial charge in [-0.1, -0.05) is 15.9 Å². The molecule has 0 aromatic rings. The number of ether oxygens (including phenoxy) is 2. The average Bonchev–Trinajstić information content (AvgIpc) is 2.22. The normalized spacial score (nSPS) is 11.9. The second-order valence-electron chi connectivity index (χ2n) is 2.57. The summed E-state index contributed by atoms with van der Waals surface area (Å²) in [6.45, 7) is 0.410. The number of nitrogens with one attached hydrogen (secondary N) is 1. The fraction of sp³-hybridized carbons (Fsp3) is 0.750. The largest absolute Gasteiger partial charge is 0.453 e. The molecule has 0 fully saturated rings. The molecule has 0 aromatic heterocycles. The Kier molecular flexibility index (Phi) is 7.41. The number of rotatable bonds is 6. The minimum absolute atomic E-state index is 0.104. The fourth-order valence-electron chi connectivity index (χ4n) is 0.844. The van der Waals surface area contributed by atoms with Gasteiger partial charge in [-0.3, -0.25) is 4.79 Å². The van der Waals surface area contributed by atoms with E-state index in [9.17, 15) is 9.59 Å². The van der Waals surface area contributed by atoms with Crippen molar-refractivity contribution >= 4 is 27.8 Å². The molecule has 82 valence electrons. The van der Waals surface area contributed by atoms with E-state index in [-0.39, 0.29) is 11.1 Å². The number of carbonyl (C=O) groups excluding carboxylic acids is 2. The summed E-state index contributed by atoms with van der Waals surface area (Å²) in [4.78, 5) is 22.2. The highest BCUT2D eigenvalue weighted by Crippen LogP contribution is 1.98. The molecular weight excluding hydrogens is 254 g/mol.